The summed E-state index contributed by atoms with van der Waals surface area (Å²) in [5.41, 5.74) is 0. The third-order valence-electron chi connectivity index (χ3n) is 2.72. The summed E-state index contributed by atoms with van der Waals surface area (Å²) in [6, 6.07) is 0. The molecule has 0 amide bonds. The van der Waals surface area contributed by atoms with Crippen molar-refractivity contribution in [3.05, 3.63) is 10.7 Å². The number of hydrogen-bond donors (Lipinski definition) is 2. The van der Waals surface area contributed by atoms with Crippen molar-refractivity contribution in [1.82, 2.24) is 9.97 Å². The van der Waals surface area contributed by atoms with Crippen LogP contribution < -0.4 is 10.6 Å². The Morgan fingerprint density at radius 2 is 2.00 bits per heavy atom. The molecule has 7 heteroatoms. The number of nitrogens with zero attached hydrogens (tertiary/aromatic N) is 2. The summed E-state index contributed by atoms with van der Waals surface area (Å²) in [5, 5.41) is 6.49. The van der Waals surface area contributed by atoms with Gasteiger partial charge in [-0.1, -0.05) is 6.92 Å². The van der Waals surface area contributed by atoms with Crippen LogP contribution in [0.4, 0.5) is 11.8 Å². The Morgan fingerprint density at radius 1 is 1.14 bits per heavy atom. The summed E-state index contributed by atoms with van der Waals surface area (Å²) in [7, 11) is 1.68. The number of unbranched alkanes of at least 4 members (excludes halogenated alkanes) is 1. The molecule has 0 atom stereocenters. The molecule has 1 aromatic heterocycles. The number of rotatable bonds is 12. The number of methoxy groups -OCH3 is 1. The maximum Gasteiger partial charge on any atom is 0.224 e. The van der Waals surface area contributed by atoms with Crippen molar-refractivity contribution in [2.75, 3.05) is 50.7 Å². The van der Waals surface area contributed by atoms with E-state index in [0.29, 0.717) is 19.2 Å². The minimum atomic E-state index is 0.652. The first-order valence-corrected chi connectivity index (χ1v) is 8.14. The number of nitrogens with one attached hydrogen (secondary N) is 2. The van der Waals surface area contributed by atoms with Gasteiger partial charge in [0.25, 0.3) is 0 Å². The summed E-state index contributed by atoms with van der Waals surface area (Å²) >= 11 is 3.46. The quantitative estimate of drug-likeness (QED) is 0.558. The predicted molar refractivity (Wildman–Crippen MR) is 88.9 cm³/mol. The molecule has 0 bridgehead atoms. The summed E-state index contributed by atoms with van der Waals surface area (Å²) in [6.45, 7) is 5.92. The molecule has 0 aliphatic carbocycles. The molecule has 2 N–H and O–H groups in total. The summed E-state index contributed by atoms with van der Waals surface area (Å²) in [4.78, 5) is 8.66. The van der Waals surface area contributed by atoms with Crippen molar-refractivity contribution in [3.8, 4) is 0 Å². The lowest BCUT2D eigenvalue weighted by Gasteiger charge is -2.10. The zero-order valence-electron chi connectivity index (χ0n) is 12.8. The normalized spacial score (nSPS) is 10.6. The zero-order chi connectivity index (χ0) is 15.3. The highest BCUT2D eigenvalue weighted by atomic mass is 79.9. The van der Waals surface area contributed by atoms with Crippen LogP contribution in [-0.4, -0.2) is 50.0 Å². The maximum absolute atomic E-state index is 5.42. The molecule has 1 rings (SSSR count). The average molecular weight is 361 g/mol. The third kappa shape index (κ3) is 8.18. The van der Waals surface area contributed by atoms with Crippen LogP contribution >= 0.6 is 15.9 Å². The second-order valence-corrected chi connectivity index (χ2v) is 5.41. The molecule has 0 radical (unpaired) electrons. The molecular weight excluding hydrogens is 336 g/mol. The van der Waals surface area contributed by atoms with Gasteiger partial charge in [-0.15, -0.1) is 0 Å². The Morgan fingerprint density at radius 3 is 2.76 bits per heavy atom. The average Bonchev–Trinajstić information content (AvgIpc) is 2.50. The van der Waals surface area contributed by atoms with Crippen molar-refractivity contribution in [2.24, 2.45) is 0 Å². The van der Waals surface area contributed by atoms with Gasteiger partial charge in [-0.2, -0.15) is 4.98 Å². The smallest absolute Gasteiger partial charge is 0.224 e. The van der Waals surface area contributed by atoms with Gasteiger partial charge in [0.15, 0.2) is 0 Å². The largest absolute Gasteiger partial charge is 0.382 e. The van der Waals surface area contributed by atoms with E-state index < -0.39 is 0 Å². The second-order valence-electron chi connectivity index (χ2n) is 4.56. The SMILES string of the molecule is CCCNc1ncc(Br)c(NCCCCOCCOC)n1. The van der Waals surface area contributed by atoms with Gasteiger partial charge in [-0.25, -0.2) is 4.98 Å². The molecule has 0 aromatic carbocycles. The lowest BCUT2D eigenvalue weighted by Crippen LogP contribution is -2.10. The monoisotopic (exact) mass is 360 g/mol. The molecule has 6 nitrogen and oxygen atoms in total. The van der Waals surface area contributed by atoms with E-state index in [9.17, 15) is 0 Å². The van der Waals surface area contributed by atoms with Crippen LogP contribution in [0.3, 0.4) is 0 Å². The van der Waals surface area contributed by atoms with Gasteiger partial charge in [0.1, 0.15) is 5.82 Å². The minimum Gasteiger partial charge on any atom is -0.382 e. The molecular formula is C14H25BrN4O2. The minimum absolute atomic E-state index is 0.652. The lowest BCUT2D eigenvalue weighted by atomic mass is 10.3. The van der Waals surface area contributed by atoms with Crippen LogP contribution in [0.2, 0.25) is 0 Å². The Labute approximate surface area is 135 Å². The van der Waals surface area contributed by atoms with E-state index >= 15 is 0 Å². The van der Waals surface area contributed by atoms with Crippen molar-refractivity contribution in [3.63, 3.8) is 0 Å². The van der Waals surface area contributed by atoms with Gasteiger partial charge in [0, 0.05) is 33.0 Å². The van der Waals surface area contributed by atoms with Crippen molar-refractivity contribution >= 4 is 27.7 Å². The predicted octanol–water partition coefficient (Wildman–Crippen LogP) is 2.92. The standard InChI is InChI=1S/C14H25BrN4O2/c1-3-6-17-14-18-11-12(15)13(19-14)16-7-4-5-8-21-10-9-20-2/h11H,3-10H2,1-2H3,(H2,16,17,18,19). The summed E-state index contributed by atoms with van der Waals surface area (Å²) in [5.74, 6) is 1.48. The highest BCUT2D eigenvalue weighted by Crippen LogP contribution is 2.20. The summed E-state index contributed by atoms with van der Waals surface area (Å²) < 4.78 is 11.2. The van der Waals surface area contributed by atoms with E-state index in [1.54, 1.807) is 13.3 Å². The molecule has 0 aliphatic rings. The Bertz CT molecular complexity index is 393. The van der Waals surface area contributed by atoms with Crippen LogP contribution in [-0.2, 0) is 9.47 Å². The molecule has 0 unspecified atom stereocenters. The highest BCUT2D eigenvalue weighted by Gasteiger charge is 2.04. The number of halogens is 1. The van der Waals surface area contributed by atoms with Crippen LogP contribution in [0.25, 0.3) is 0 Å². The van der Waals surface area contributed by atoms with Crippen LogP contribution in [0.15, 0.2) is 10.7 Å². The van der Waals surface area contributed by atoms with E-state index in [0.717, 1.165) is 49.2 Å². The molecule has 0 spiro atoms. The number of anilines is 2. The number of hydrogen-bond acceptors (Lipinski definition) is 6. The van der Waals surface area contributed by atoms with Gasteiger partial charge in [-0.3, -0.25) is 0 Å². The van der Waals surface area contributed by atoms with Gasteiger partial charge < -0.3 is 20.1 Å². The van der Waals surface area contributed by atoms with E-state index in [4.69, 9.17) is 9.47 Å². The third-order valence-corrected chi connectivity index (χ3v) is 3.30. The van der Waals surface area contributed by atoms with E-state index in [1.165, 1.54) is 0 Å². The van der Waals surface area contributed by atoms with Crippen molar-refractivity contribution in [1.29, 1.82) is 0 Å². The fraction of sp³-hybridized carbons (Fsp3) is 0.714. The first-order chi connectivity index (χ1) is 10.3. The number of aromatic nitrogens is 2. The Balaban J connectivity index is 2.21. The molecule has 0 saturated heterocycles. The molecule has 0 aliphatic heterocycles. The zero-order valence-corrected chi connectivity index (χ0v) is 14.4. The molecule has 120 valence electrons. The van der Waals surface area contributed by atoms with Crippen LogP contribution in [0, 0.1) is 0 Å². The van der Waals surface area contributed by atoms with Gasteiger partial charge >= 0.3 is 0 Å². The van der Waals surface area contributed by atoms with Crippen molar-refractivity contribution in [2.45, 2.75) is 26.2 Å². The topological polar surface area (TPSA) is 68.3 Å². The maximum atomic E-state index is 5.42. The summed E-state index contributed by atoms with van der Waals surface area (Å²) in [6.07, 6.45) is 4.86. The number of ether oxygens (including phenoxy) is 2. The van der Waals surface area contributed by atoms with Gasteiger partial charge in [0.05, 0.1) is 17.7 Å². The van der Waals surface area contributed by atoms with Gasteiger partial charge in [-0.05, 0) is 35.2 Å². The van der Waals surface area contributed by atoms with Crippen LogP contribution in [0.5, 0.6) is 0 Å². The fourth-order valence-electron chi connectivity index (χ4n) is 1.59. The molecule has 1 aromatic rings. The first-order valence-electron chi connectivity index (χ1n) is 7.35. The Kier molecular flexibility index (Phi) is 10.1. The van der Waals surface area contributed by atoms with E-state index in [2.05, 4.69) is 43.5 Å². The van der Waals surface area contributed by atoms with E-state index in [-0.39, 0.29) is 0 Å². The molecule has 1 heterocycles. The lowest BCUT2D eigenvalue weighted by molar-refractivity contribution is 0.0691. The van der Waals surface area contributed by atoms with E-state index in [1.807, 2.05) is 0 Å². The molecule has 0 fully saturated rings. The second kappa shape index (κ2) is 11.7. The van der Waals surface area contributed by atoms with Crippen LogP contribution in [0.1, 0.15) is 26.2 Å². The highest BCUT2D eigenvalue weighted by molar-refractivity contribution is 9.10. The Hall–Kier alpha value is -0.920. The fourth-order valence-corrected chi connectivity index (χ4v) is 1.92. The molecule has 21 heavy (non-hydrogen) atoms. The van der Waals surface area contributed by atoms with Gasteiger partial charge in [0.2, 0.25) is 5.95 Å². The van der Waals surface area contributed by atoms with Crippen molar-refractivity contribution < 1.29 is 9.47 Å². The first kappa shape index (κ1) is 18.1. The molecule has 0 saturated carbocycles.